The van der Waals surface area contributed by atoms with Crippen LogP contribution >= 0.6 is 22.6 Å². The largest absolute Gasteiger partial charge is 0.573 e. The average Bonchev–Trinajstić information content (AvgIpc) is 2.16. The Labute approximate surface area is 103 Å². The molecule has 1 rings (SSSR count). The van der Waals surface area contributed by atoms with Crippen LogP contribution in [-0.4, -0.2) is 18.5 Å². The standard InChI is InChI=1S/C8H8F3IN2O2/c1-15-6-4(12)3-14-5(2-13)7(6)16-8(9,10)11/h3H,2,13H2,1H3. The molecule has 2 N–H and O–H groups in total. The molecule has 16 heavy (non-hydrogen) atoms. The Morgan fingerprint density at radius 1 is 1.44 bits per heavy atom. The molecular formula is C8H8F3IN2O2. The van der Waals surface area contributed by atoms with E-state index in [-0.39, 0.29) is 18.0 Å². The van der Waals surface area contributed by atoms with E-state index in [1.54, 1.807) is 22.6 Å². The fourth-order valence-corrected chi connectivity index (χ4v) is 1.65. The molecular weight excluding hydrogens is 340 g/mol. The maximum atomic E-state index is 12.2. The van der Waals surface area contributed by atoms with Crippen molar-refractivity contribution in [1.29, 1.82) is 0 Å². The van der Waals surface area contributed by atoms with Gasteiger partial charge in [0.05, 0.1) is 10.7 Å². The minimum Gasteiger partial charge on any atom is -0.492 e. The summed E-state index contributed by atoms with van der Waals surface area (Å²) < 4.78 is 45.6. The van der Waals surface area contributed by atoms with Gasteiger partial charge in [0.2, 0.25) is 0 Å². The monoisotopic (exact) mass is 348 g/mol. The topological polar surface area (TPSA) is 57.4 Å². The Bertz CT molecular complexity index is 384. The molecule has 8 heteroatoms. The number of hydrogen-bond donors (Lipinski definition) is 1. The zero-order chi connectivity index (χ0) is 12.3. The second-order valence-corrected chi connectivity index (χ2v) is 3.83. The van der Waals surface area contributed by atoms with Crippen LogP contribution in [0.25, 0.3) is 0 Å². The van der Waals surface area contributed by atoms with Crippen LogP contribution in [0.2, 0.25) is 0 Å². The van der Waals surface area contributed by atoms with Crippen molar-refractivity contribution < 1.29 is 22.6 Å². The summed E-state index contributed by atoms with van der Waals surface area (Å²) in [6.45, 7) is -0.168. The highest BCUT2D eigenvalue weighted by molar-refractivity contribution is 14.1. The summed E-state index contributed by atoms with van der Waals surface area (Å²) in [5.41, 5.74) is 5.27. The molecule has 0 aliphatic heterocycles. The first-order valence-electron chi connectivity index (χ1n) is 4.06. The van der Waals surface area contributed by atoms with E-state index in [0.717, 1.165) is 0 Å². The van der Waals surface area contributed by atoms with Gasteiger partial charge in [0, 0.05) is 12.7 Å². The summed E-state index contributed by atoms with van der Waals surface area (Å²) >= 11 is 1.79. The molecule has 0 aliphatic carbocycles. The van der Waals surface area contributed by atoms with Crippen LogP contribution in [0.4, 0.5) is 13.2 Å². The van der Waals surface area contributed by atoms with Gasteiger partial charge in [-0.3, -0.25) is 4.98 Å². The van der Waals surface area contributed by atoms with Gasteiger partial charge in [-0.1, -0.05) is 0 Å². The molecule has 0 unspecified atom stereocenters. The first-order valence-corrected chi connectivity index (χ1v) is 5.14. The van der Waals surface area contributed by atoms with Crippen LogP contribution in [-0.2, 0) is 6.54 Å². The number of ether oxygens (including phenoxy) is 2. The normalized spacial score (nSPS) is 11.4. The Kier molecular flexibility index (Phi) is 4.19. The smallest absolute Gasteiger partial charge is 0.492 e. The van der Waals surface area contributed by atoms with E-state index in [4.69, 9.17) is 10.5 Å². The van der Waals surface area contributed by atoms with E-state index in [2.05, 4.69) is 9.72 Å². The predicted octanol–water partition coefficient (Wildman–Crippen LogP) is 2.05. The van der Waals surface area contributed by atoms with Crippen molar-refractivity contribution in [1.82, 2.24) is 4.98 Å². The number of halogens is 4. The zero-order valence-electron chi connectivity index (χ0n) is 8.14. The van der Waals surface area contributed by atoms with Crippen molar-refractivity contribution in [3.05, 3.63) is 15.5 Å². The highest BCUT2D eigenvalue weighted by Crippen LogP contribution is 2.37. The van der Waals surface area contributed by atoms with E-state index in [1.807, 2.05) is 0 Å². The maximum Gasteiger partial charge on any atom is 0.573 e. The molecule has 4 nitrogen and oxygen atoms in total. The Balaban J connectivity index is 3.25. The fraction of sp³-hybridized carbons (Fsp3) is 0.375. The van der Waals surface area contributed by atoms with E-state index in [0.29, 0.717) is 3.57 Å². The molecule has 1 heterocycles. The Morgan fingerprint density at radius 3 is 2.50 bits per heavy atom. The van der Waals surface area contributed by atoms with Crippen LogP contribution in [0.15, 0.2) is 6.20 Å². The molecule has 1 aromatic rings. The van der Waals surface area contributed by atoms with Crippen molar-refractivity contribution in [3.8, 4) is 11.5 Å². The number of alkyl halides is 3. The van der Waals surface area contributed by atoms with E-state index in [1.165, 1.54) is 13.3 Å². The third-order valence-corrected chi connectivity index (χ3v) is 2.40. The minimum atomic E-state index is -4.80. The first kappa shape index (κ1) is 13.3. The summed E-state index contributed by atoms with van der Waals surface area (Å²) in [5.74, 6) is -0.502. The number of methoxy groups -OCH3 is 1. The number of rotatable bonds is 3. The third kappa shape index (κ3) is 3.11. The first-order chi connectivity index (χ1) is 7.39. The van der Waals surface area contributed by atoms with Crippen molar-refractivity contribution in [2.75, 3.05) is 7.11 Å². The van der Waals surface area contributed by atoms with Gasteiger partial charge in [-0.2, -0.15) is 0 Å². The molecule has 0 saturated carbocycles. The third-order valence-electron chi connectivity index (χ3n) is 1.63. The quantitative estimate of drug-likeness (QED) is 0.850. The van der Waals surface area contributed by atoms with Crippen LogP contribution < -0.4 is 15.2 Å². The number of hydrogen-bond acceptors (Lipinski definition) is 4. The maximum absolute atomic E-state index is 12.2. The van der Waals surface area contributed by atoms with Gasteiger partial charge in [-0.15, -0.1) is 13.2 Å². The predicted molar refractivity (Wildman–Crippen MR) is 58.1 cm³/mol. The Hall–Kier alpha value is -0.770. The molecule has 0 saturated heterocycles. The summed E-state index contributed by atoms with van der Waals surface area (Å²) in [6, 6.07) is 0. The molecule has 0 bridgehead atoms. The number of nitrogens with two attached hydrogens (primary N) is 1. The molecule has 0 atom stereocenters. The molecule has 1 aromatic heterocycles. The van der Waals surface area contributed by atoms with Crippen LogP contribution in [0, 0.1) is 3.57 Å². The highest BCUT2D eigenvalue weighted by Gasteiger charge is 2.34. The van der Waals surface area contributed by atoms with Crippen molar-refractivity contribution in [2.24, 2.45) is 5.73 Å². The fourth-order valence-electron chi connectivity index (χ4n) is 1.05. The lowest BCUT2D eigenvalue weighted by Gasteiger charge is -2.15. The second kappa shape index (κ2) is 5.04. The number of aromatic nitrogens is 1. The average molecular weight is 348 g/mol. The molecule has 0 radical (unpaired) electrons. The van der Waals surface area contributed by atoms with E-state index in [9.17, 15) is 13.2 Å². The van der Waals surface area contributed by atoms with Gasteiger partial charge in [0.15, 0.2) is 11.5 Å². The summed E-state index contributed by atoms with van der Waals surface area (Å²) in [5, 5.41) is 0. The number of nitrogens with zero attached hydrogens (tertiary/aromatic N) is 1. The lowest BCUT2D eigenvalue weighted by Crippen LogP contribution is -2.20. The molecule has 0 fully saturated rings. The molecule has 0 amide bonds. The van der Waals surface area contributed by atoms with Crippen molar-refractivity contribution in [2.45, 2.75) is 12.9 Å². The van der Waals surface area contributed by atoms with E-state index < -0.39 is 12.1 Å². The molecule has 0 spiro atoms. The highest BCUT2D eigenvalue weighted by atomic mass is 127. The van der Waals surface area contributed by atoms with Gasteiger partial charge >= 0.3 is 6.36 Å². The Morgan fingerprint density at radius 2 is 2.06 bits per heavy atom. The summed E-state index contributed by atoms with van der Waals surface area (Å²) in [6.07, 6.45) is -3.44. The lowest BCUT2D eigenvalue weighted by atomic mass is 10.3. The number of pyridine rings is 1. The van der Waals surface area contributed by atoms with Gasteiger partial charge in [0.25, 0.3) is 0 Å². The van der Waals surface area contributed by atoms with Gasteiger partial charge in [-0.05, 0) is 22.6 Å². The van der Waals surface area contributed by atoms with Gasteiger partial charge in [0.1, 0.15) is 5.69 Å². The van der Waals surface area contributed by atoms with Crippen LogP contribution in [0.5, 0.6) is 11.5 Å². The summed E-state index contributed by atoms with van der Waals surface area (Å²) in [4.78, 5) is 3.75. The van der Waals surface area contributed by atoms with Crippen LogP contribution in [0.1, 0.15) is 5.69 Å². The molecule has 0 aromatic carbocycles. The molecule has 90 valence electrons. The van der Waals surface area contributed by atoms with Gasteiger partial charge in [-0.25, -0.2) is 0 Å². The SMILES string of the molecule is COc1c(I)cnc(CN)c1OC(F)(F)F. The van der Waals surface area contributed by atoms with Crippen LogP contribution in [0.3, 0.4) is 0 Å². The summed E-state index contributed by atoms with van der Waals surface area (Å²) in [7, 11) is 1.25. The van der Waals surface area contributed by atoms with Crippen molar-refractivity contribution in [3.63, 3.8) is 0 Å². The van der Waals surface area contributed by atoms with E-state index >= 15 is 0 Å². The van der Waals surface area contributed by atoms with Gasteiger partial charge < -0.3 is 15.2 Å². The lowest BCUT2D eigenvalue weighted by molar-refractivity contribution is -0.275. The minimum absolute atomic E-state index is 0.00501. The van der Waals surface area contributed by atoms with Crippen molar-refractivity contribution >= 4 is 22.6 Å². The molecule has 0 aliphatic rings. The second-order valence-electron chi connectivity index (χ2n) is 2.67. The zero-order valence-corrected chi connectivity index (χ0v) is 10.3.